The van der Waals surface area contributed by atoms with Gasteiger partial charge in [-0.05, 0) is 70.6 Å². The van der Waals surface area contributed by atoms with E-state index in [0.29, 0.717) is 19.3 Å². The highest BCUT2D eigenvalue weighted by Crippen LogP contribution is 2.19. The van der Waals surface area contributed by atoms with Gasteiger partial charge in [0, 0.05) is 19.3 Å². The van der Waals surface area contributed by atoms with Crippen LogP contribution in [0.2, 0.25) is 0 Å². The molecule has 1 unspecified atom stereocenters. The van der Waals surface area contributed by atoms with Gasteiger partial charge in [0.1, 0.15) is 13.2 Å². The van der Waals surface area contributed by atoms with Gasteiger partial charge in [0.15, 0.2) is 6.10 Å². The molecular formula is C77H144O6. The number of unbranched alkanes of at least 4 members (excludes halogenated alkanes) is 53. The van der Waals surface area contributed by atoms with Crippen LogP contribution in [0.5, 0.6) is 0 Å². The van der Waals surface area contributed by atoms with Crippen LogP contribution in [-0.4, -0.2) is 37.2 Å². The van der Waals surface area contributed by atoms with Gasteiger partial charge in [0.25, 0.3) is 0 Å². The molecule has 6 heteroatoms. The first-order chi connectivity index (χ1) is 41.0. The topological polar surface area (TPSA) is 78.9 Å². The van der Waals surface area contributed by atoms with Crippen molar-refractivity contribution < 1.29 is 28.6 Å². The van der Waals surface area contributed by atoms with Crippen LogP contribution in [0.15, 0.2) is 36.5 Å². The molecular weight excluding hydrogens is 1020 g/mol. The molecule has 0 aromatic heterocycles. The number of rotatable bonds is 70. The minimum absolute atomic E-state index is 0.0721. The molecule has 0 aromatic rings. The fourth-order valence-electron chi connectivity index (χ4n) is 11.5. The first-order valence-corrected chi connectivity index (χ1v) is 37.5. The molecule has 0 bridgehead atoms. The molecule has 0 spiro atoms. The average Bonchev–Trinajstić information content (AvgIpc) is 3.49. The first kappa shape index (κ1) is 80.6. The van der Waals surface area contributed by atoms with E-state index in [1.54, 1.807) is 0 Å². The van der Waals surface area contributed by atoms with Crippen molar-refractivity contribution in [3.8, 4) is 0 Å². The summed E-state index contributed by atoms with van der Waals surface area (Å²) in [4.78, 5) is 38.5. The first-order valence-electron chi connectivity index (χ1n) is 37.5. The molecule has 0 saturated carbocycles. The highest BCUT2D eigenvalue weighted by atomic mass is 16.6. The molecule has 0 heterocycles. The number of carbonyl (C=O) groups is 3. The van der Waals surface area contributed by atoms with E-state index >= 15 is 0 Å². The molecule has 0 amide bonds. The highest BCUT2D eigenvalue weighted by molar-refractivity contribution is 5.71. The predicted octanol–water partition coefficient (Wildman–Crippen LogP) is 25.9. The molecule has 83 heavy (non-hydrogen) atoms. The summed E-state index contributed by atoms with van der Waals surface area (Å²) in [5.74, 6) is -0.858. The normalized spacial score (nSPS) is 12.2. The second-order valence-corrected chi connectivity index (χ2v) is 25.6. The van der Waals surface area contributed by atoms with E-state index in [4.69, 9.17) is 14.2 Å². The van der Waals surface area contributed by atoms with Crippen molar-refractivity contribution in [1.29, 1.82) is 0 Å². The Bertz CT molecular complexity index is 1380. The minimum atomic E-state index is -0.778. The number of ether oxygens (including phenoxy) is 3. The quantitative estimate of drug-likeness (QED) is 0.0261. The van der Waals surface area contributed by atoms with Gasteiger partial charge >= 0.3 is 17.9 Å². The summed E-state index contributed by atoms with van der Waals surface area (Å²) in [7, 11) is 0. The predicted molar refractivity (Wildman–Crippen MR) is 362 cm³/mol. The second-order valence-electron chi connectivity index (χ2n) is 25.6. The van der Waals surface area contributed by atoms with Crippen molar-refractivity contribution in [3.05, 3.63) is 36.5 Å². The highest BCUT2D eigenvalue weighted by Gasteiger charge is 2.20. The van der Waals surface area contributed by atoms with Gasteiger partial charge in [0.2, 0.25) is 0 Å². The number of hydrogen-bond donors (Lipinski definition) is 0. The lowest BCUT2D eigenvalue weighted by Gasteiger charge is -2.18. The van der Waals surface area contributed by atoms with Crippen LogP contribution in [0, 0.1) is 0 Å². The second kappa shape index (κ2) is 72.1. The third-order valence-electron chi connectivity index (χ3n) is 17.1. The molecule has 6 nitrogen and oxygen atoms in total. The van der Waals surface area contributed by atoms with Gasteiger partial charge in [-0.15, -0.1) is 0 Å². The molecule has 0 aliphatic heterocycles. The van der Waals surface area contributed by atoms with Crippen molar-refractivity contribution in [2.75, 3.05) is 13.2 Å². The van der Waals surface area contributed by atoms with Crippen LogP contribution in [0.4, 0.5) is 0 Å². The third kappa shape index (κ3) is 70.3. The zero-order valence-corrected chi connectivity index (χ0v) is 56.2. The Balaban J connectivity index is 4.17. The van der Waals surface area contributed by atoms with E-state index in [9.17, 15) is 14.4 Å². The SMILES string of the molecule is CCC/C=C\C/C=C\CCCCCCCC(=O)OCC(COC(=O)CCCCCCCCCCCCCCCCCCCCCCCCCCCCCCC)OC(=O)CCCCCCCCCCCCC/C=C\CCCCCCCCCC. The van der Waals surface area contributed by atoms with E-state index in [-0.39, 0.29) is 31.1 Å². The Labute approximate surface area is 518 Å². The molecule has 0 aliphatic rings. The summed E-state index contributed by atoms with van der Waals surface area (Å²) in [5, 5.41) is 0. The van der Waals surface area contributed by atoms with Crippen molar-refractivity contribution in [3.63, 3.8) is 0 Å². The van der Waals surface area contributed by atoms with Crippen LogP contribution < -0.4 is 0 Å². The molecule has 0 radical (unpaired) electrons. The van der Waals surface area contributed by atoms with Gasteiger partial charge in [-0.2, -0.15) is 0 Å². The molecule has 0 saturated heterocycles. The molecule has 0 N–H and O–H groups in total. The van der Waals surface area contributed by atoms with Crippen LogP contribution >= 0.6 is 0 Å². The van der Waals surface area contributed by atoms with Crippen LogP contribution in [0.1, 0.15) is 419 Å². The van der Waals surface area contributed by atoms with E-state index in [0.717, 1.165) is 83.5 Å². The average molecular weight is 1170 g/mol. The smallest absolute Gasteiger partial charge is 0.306 e. The Morgan fingerprint density at radius 2 is 0.458 bits per heavy atom. The summed E-state index contributed by atoms with van der Waals surface area (Å²) in [6, 6.07) is 0. The van der Waals surface area contributed by atoms with E-state index in [1.165, 1.54) is 295 Å². The van der Waals surface area contributed by atoms with E-state index in [1.807, 2.05) is 0 Å². The fraction of sp³-hybridized carbons (Fsp3) is 0.883. The maximum atomic E-state index is 13.0. The molecule has 488 valence electrons. The fourth-order valence-corrected chi connectivity index (χ4v) is 11.5. The summed E-state index contributed by atoms with van der Waals surface area (Å²) in [6.45, 7) is 6.64. The maximum Gasteiger partial charge on any atom is 0.306 e. The number of allylic oxidation sites excluding steroid dienone is 6. The third-order valence-corrected chi connectivity index (χ3v) is 17.1. The van der Waals surface area contributed by atoms with Crippen molar-refractivity contribution >= 4 is 17.9 Å². The van der Waals surface area contributed by atoms with E-state index in [2.05, 4.69) is 57.2 Å². The Morgan fingerprint density at radius 1 is 0.241 bits per heavy atom. The summed E-state index contributed by atoms with van der Waals surface area (Å²) < 4.78 is 17.0. The lowest BCUT2D eigenvalue weighted by atomic mass is 10.0. The molecule has 0 aromatic carbocycles. The molecule has 0 aliphatic carbocycles. The number of hydrogen-bond acceptors (Lipinski definition) is 6. The molecule has 0 rings (SSSR count). The standard InChI is InChI=1S/C77H144O6/c1-4-7-10-13-16-19-22-25-27-29-31-33-35-36-37-38-39-40-42-43-45-47-49-52-55-58-61-64-67-70-76(79)82-73-74(72-81-75(78)69-66-63-60-57-54-51-24-21-18-15-12-9-6-3)83-77(80)71-68-65-62-59-56-53-50-48-46-44-41-34-32-30-28-26-23-20-17-14-11-8-5-2/h12,15,21,24,30,32,74H,4-11,13-14,16-20,22-23,25-29,31,33-73H2,1-3H3/b15-12-,24-21-,32-30-. The van der Waals surface area contributed by atoms with Gasteiger partial charge in [-0.3, -0.25) is 14.4 Å². The summed E-state index contributed by atoms with van der Waals surface area (Å²) in [5.41, 5.74) is 0. The Morgan fingerprint density at radius 3 is 0.723 bits per heavy atom. The minimum Gasteiger partial charge on any atom is -0.462 e. The monoisotopic (exact) mass is 1170 g/mol. The van der Waals surface area contributed by atoms with Gasteiger partial charge in [-0.1, -0.05) is 365 Å². The zero-order chi connectivity index (χ0) is 59.9. The lowest BCUT2D eigenvalue weighted by molar-refractivity contribution is -0.167. The van der Waals surface area contributed by atoms with Gasteiger partial charge in [0.05, 0.1) is 0 Å². The lowest BCUT2D eigenvalue weighted by Crippen LogP contribution is -2.30. The van der Waals surface area contributed by atoms with Crippen molar-refractivity contribution in [2.24, 2.45) is 0 Å². The van der Waals surface area contributed by atoms with E-state index < -0.39 is 6.10 Å². The zero-order valence-electron chi connectivity index (χ0n) is 56.2. The Hall–Kier alpha value is -2.37. The largest absolute Gasteiger partial charge is 0.462 e. The maximum absolute atomic E-state index is 13.0. The number of esters is 3. The van der Waals surface area contributed by atoms with Crippen LogP contribution in [0.3, 0.4) is 0 Å². The van der Waals surface area contributed by atoms with Crippen molar-refractivity contribution in [1.82, 2.24) is 0 Å². The van der Waals surface area contributed by atoms with Crippen LogP contribution in [-0.2, 0) is 28.6 Å². The molecule has 1 atom stereocenters. The Kier molecular flexibility index (Phi) is 70.0. The van der Waals surface area contributed by atoms with Gasteiger partial charge in [-0.25, -0.2) is 0 Å². The van der Waals surface area contributed by atoms with Crippen molar-refractivity contribution in [2.45, 2.75) is 425 Å². The number of carbonyl (C=O) groups excluding carboxylic acids is 3. The summed E-state index contributed by atoms with van der Waals surface area (Å²) >= 11 is 0. The molecule has 0 fully saturated rings. The summed E-state index contributed by atoms with van der Waals surface area (Å²) in [6.07, 6.45) is 90.6. The van der Waals surface area contributed by atoms with Crippen LogP contribution in [0.25, 0.3) is 0 Å². The van der Waals surface area contributed by atoms with Gasteiger partial charge < -0.3 is 14.2 Å².